The minimum absolute atomic E-state index is 0.137. The molecular weight excluding hydrogens is 455 g/mol. The van der Waals surface area contributed by atoms with E-state index in [0.29, 0.717) is 28.8 Å². The van der Waals surface area contributed by atoms with Gasteiger partial charge in [0, 0.05) is 5.69 Å². The van der Waals surface area contributed by atoms with Crippen LogP contribution >= 0.6 is 11.8 Å². The fourth-order valence-electron chi connectivity index (χ4n) is 2.75. The first-order valence-corrected chi connectivity index (χ1v) is 10.3. The number of anilines is 1. The third-order valence-corrected chi connectivity index (χ3v) is 5.27. The molecule has 0 saturated carbocycles. The van der Waals surface area contributed by atoms with Crippen molar-refractivity contribution >= 4 is 46.5 Å². The molecule has 1 aliphatic heterocycles. The van der Waals surface area contributed by atoms with Crippen molar-refractivity contribution in [2.24, 2.45) is 0 Å². The quantitative estimate of drug-likeness (QED) is 0.459. The molecule has 0 aliphatic carbocycles. The van der Waals surface area contributed by atoms with Crippen LogP contribution < -0.4 is 14.8 Å². The van der Waals surface area contributed by atoms with Crippen LogP contribution in [0.15, 0.2) is 47.4 Å². The molecule has 11 heteroatoms. The highest BCUT2D eigenvalue weighted by Crippen LogP contribution is 2.34. The van der Waals surface area contributed by atoms with Gasteiger partial charge in [-0.3, -0.25) is 24.1 Å². The van der Waals surface area contributed by atoms with Crippen molar-refractivity contribution in [1.82, 2.24) is 4.90 Å². The summed E-state index contributed by atoms with van der Waals surface area (Å²) in [7, 11) is 2.58. The predicted octanol–water partition coefficient (Wildman–Crippen LogP) is 3.06. The monoisotopic (exact) mass is 474 g/mol. The Morgan fingerprint density at radius 3 is 2.48 bits per heavy atom. The van der Waals surface area contributed by atoms with Gasteiger partial charge in [-0.1, -0.05) is 6.07 Å². The number of amides is 3. The highest BCUT2D eigenvalue weighted by Gasteiger charge is 2.36. The Balaban J connectivity index is 1.66. The molecular formula is C22H19FN2O7S. The number of methoxy groups -OCH3 is 2. The number of hydrogen-bond donors (Lipinski definition) is 1. The van der Waals surface area contributed by atoms with Gasteiger partial charge in [0.15, 0.2) is 18.1 Å². The SMILES string of the molecule is COC(=O)CN1C(=O)S/C(=C\c2ccc(OCC(=O)Nc3ccc(F)cc3)c(OC)c2)C1=O. The Morgan fingerprint density at radius 1 is 1.09 bits per heavy atom. The highest BCUT2D eigenvalue weighted by molar-refractivity contribution is 8.18. The molecule has 33 heavy (non-hydrogen) atoms. The van der Waals surface area contributed by atoms with Crippen LogP contribution in [0.25, 0.3) is 6.08 Å². The molecule has 0 spiro atoms. The third kappa shape index (κ3) is 6.10. The molecule has 1 N–H and O–H groups in total. The van der Waals surface area contributed by atoms with E-state index in [1.165, 1.54) is 44.6 Å². The maximum Gasteiger partial charge on any atom is 0.325 e. The topological polar surface area (TPSA) is 111 Å². The van der Waals surface area contributed by atoms with Crippen LogP contribution in [-0.4, -0.2) is 55.3 Å². The second-order valence-electron chi connectivity index (χ2n) is 6.60. The minimum atomic E-state index is -0.704. The molecule has 1 saturated heterocycles. The molecule has 3 amide bonds. The Hall–Kier alpha value is -3.86. The average Bonchev–Trinajstić information content (AvgIpc) is 3.06. The lowest BCUT2D eigenvalue weighted by Crippen LogP contribution is -2.34. The zero-order valence-corrected chi connectivity index (χ0v) is 18.4. The van der Waals surface area contributed by atoms with E-state index >= 15 is 0 Å². The van der Waals surface area contributed by atoms with E-state index in [1.54, 1.807) is 18.2 Å². The van der Waals surface area contributed by atoms with E-state index in [-0.39, 0.29) is 17.3 Å². The number of carbonyl (C=O) groups is 4. The molecule has 0 atom stereocenters. The van der Waals surface area contributed by atoms with Gasteiger partial charge in [-0.05, 0) is 59.8 Å². The van der Waals surface area contributed by atoms with Gasteiger partial charge in [0.05, 0.1) is 19.1 Å². The lowest BCUT2D eigenvalue weighted by Gasteiger charge is -2.12. The molecule has 1 aliphatic rings. The number of benzene rings is 2. The number of hydrogen-bond acceptors (Lipinski definition) is 8. The van der Waals surface area contributed by atoms with E-state index in [4.69, 9.17) is 9.47 Å². The van der Waals surface area contributed by atoms with Gasteiger partial charge in [0.2, 0.25) is 0 Å². The first kappa shape index (κ1) is 23.8. The number of halogens is 1. The summed E-state index contributed by atoms with van der Waals surface area (Å²) in [6.07, 6.45) is 1.48. The molecule has 9 nitrogen and oxygen atoms in total. The first-order valence-electron chi connectivity index (χ1n) is 9.49. The van der Waals surface area contributed by atoms with E-state index in [0.717, 1.165) is 4.90 Å². The fraction of sp³-hybridized carbons (Fsp3) is 0.182. The number of nitrogens with one attached hydrogen (secondary N) is 1. The first-order chi connectivity index (χ1) is 15.8. The standard InChI is InChI=1S/C22H19FN2O7S/c1-30-17-9-13(10-18-21(28)25(22(29)33-18)11-20(27)31-2)3-8-16(17)32-12-19(26)24-15-6-4-14(23)5-7-15/h3-10H,11-12H2,1-2H3,(H,24,26)/b18-10-. The number of rotatable bonds is 8. The van der Waals surface area contributed by atoms with Crippen LogP contribution in [0, 0.1) is 5.82 Å². The van der Waals surface area contributed by atoms with Gasteiger partial charge in [-0.2, -0.15) is 0 Å². The number of thioether (sulfide) groups is 1. The Morgan fingerprint density at radius 2 is 1.82 bits per heavy atom. The third-order valence-electron chi connectivity index (χ3n) is 4.36. The van der Waals surface area contributed by atoms with Crippen LogP contribution in [0.5, 0.6) is 11.5 Å². The van der Waals surface area contributed by atoms with Gasteiger partial charge in [0.1, 0.15) is 12.4 Å². The Bertz CT molecular complexity index is 1120. The average molecular weight is 474 g/mol. The Kier molecular flexibility index (Phi) is 7.67. The molecule has 1 fully saturated rings. The fourth-order valence-corrected chi connectivity index (χ4v) is 3.59. The summed E-state index contributed by atoms with van der Waals surface area (Å²) >= 11 is 0.705. The summed E-state index contributed by atoms with van der Waals surface area (Å²) in [5, 5.41) is 2.00. The van der Waals surface area contributed by atoms with Crippen molar-refractivity contribution in [3.05, 3.63) is 58.8 Å². The summed E-state index contributed by atoms with van der Waals surface area (Å²) < 4.78 is 28.2. The molecule has 172 valence electrons. The van der Waals surface area contributed by atoms with Crippen molar-refractivity contribution in [2.45, 2.75) is 0 Å². The second-order valence-corrected chi connectivity index (χ2v) is 7.59. The van der Waals surface area contributed by atoms with Crippen molar-refractivity contribution in [2.75, 3.05) is 32.7 Å². The number of esters is 1. The van der Waals surface area contributed by atoms with Gasteiger partial charge in [-0.15, -0.1) is 0 Å². The van der Waals surface area contributed by atoms with Gasteiger partial charge in [0.25, 0.3) is 17.1 Å². The second kappa shape index (κ2) is 10.6. The van der Waals surface area contributed by atoms with Crippen LogP contribution in [0.4, 0.5) is 14.9 Å². The molecule has 0 radical (unpaired) electrons. The Labute approximate surface area is 192 Å². The van der Waals surface area contributed by atoms with Gasteiger partial charge < -0.3 is 19.5 Å². The van der Waals surface area contributed by atoms with Crippen LogP contribution in [-0.2, 0) is 19.1 Å². The molecule has 0 unspecified atom stereocenters. The van der Waals surface area contributed by atoms with Crippen LogP contribution in [0.2, 0.25) is 0 Å². The summed E-state index contributed by atoms with van der Waals surface area (Å²) in [6.45, 7) is -0.784. The van der Waals surface area contributed by atoms with Gasteiger partial charge >= 0.3 is 5.97 Å². The smallest absolute Gasteiger partial charge is 0.325 e. The minimum Gasteiger partial charge on any atom is -0.493 e. The molecule has 2 aromatic rings. The van der Waals surface area contributed by atoms with E-state index in [1.807, 2.05) is 0 Å². The lowest BCUT2D eigenvalue weighted by molar-refractivity contribution is -0.143. The van der Waals surface area contributed by atoms with Crippen molar-refractivity contribution in [3.63, 3.8) is 0 Å². The number of carbonyl (C=O) groups excluding carboxylic acids is 4. The molecule has 3 rings (SSSR count). The largest absolute Gasteiger partial charge is 0.493 e. The van der Waals surface area contributed by atoms with Crippen LogP contribution in [0.3, 0.4) is 0 Å². The van der Waals surface area contributed by atoms with E-state index in [2.05, 4.69) is 10.1 Å². The van der Waals surface area contributed by atoms with Crippen molar-refractivity contribution in [3.8, 4) is 11.5 Å². The normalized spacial score (nSPS) is 14.4. The molecule has 0 aromatic heterocycles. The molecule has 0 bridgehead atoms. The maximum atomic E-state index is 12.9. The van der Waals surface area contributed by atoms with Crippen molar-refractivity contribution < 1.29 is 37.8 Å². The number of ether oxygens (including phenoxy) is 3. The van der Waals surface area contributed by atoms with Gasteiger partial charge in [-0.25, -0.2) is 4.39 Å². The number of imide groups is 1. The number of nitrogens with zero attached hydrogens (tertiary/aromatic N) is 1. The summed E-state index contributed by atoms with van der Waals surface area (Å²) in [5.41, 5.74) is 0.965. The zero-order valence-electron chi connectivity index (χ0n) is 17.6. The summed E-state index contributed by atoms with van der Waals surface area (Å²) in [6, 6.07) is 10.0. The summed E-state index contributed by atoms with van der Waals surface area (Å²) in [4.78, 5) is 48.9. The lowest BCUT2D eigenvalue weighted by atomic mass is 10.2. The highest BCUT2D eigenvalue weighted by atomic mass is 32.2. The summed E-state index contributed by atoms with van der Waals surface area (Å²) in [5.74, 6) is -1.60. The van der Waals surface area contributed by atoms with Crippen LogP contribution in [0.1, 0.15) is 5.56 Å². The van der Waals surface area contributed by atoms with E-state index in [9.17, 15) is 23.6 Å². The maximum absolute atomic E-state index is 12.9. The van der Waals surface area contributed by atoms with Crippen molar-refractivity contribution in [1.29, 1.82) is 0 Å². The predicted molar refractivity (Wildman–Crippen MR) is 118 cm³/mol. The van der Waals surface area contributed by atoms with E-state index < -0.39 is 35.4 Å². The zero-order chi connectivity index (χ0) is 24.0. The molecule has 1 heterocycles. The molecule has 2 aromatic carbocycles.